The van der Waals surface area contributed by atoms with Gasteiger partial charge in [-0.3, -0.25) is 14.9 Å². The number of carbonyl (C=O) groups excluding carboxylic acids is 1. The Kier molecular flexibility index (Phi) is 6.10. The molecule has 3 rings (SSSR count). The van der Waals surface area contributed by atoms with Crippen LogP contribution in [0.15, 0.2) is 29.4 Å². The first-order valence-corrected chi connectivity index (χ1v) is 9.95. The molecule has 1 heterocycles. The molecule has 0 saturated heterocycles. The minimum Gasteiger partial charge on any atom is -0.325 e. The summed E-state index contributed by atoms with van der Waals surface area (Å²) in [6, 6.07) is 5.78. The highest BCUT2D eigenvalue weighted by molar-refractivity contribution is 8.00. The number of hydrogen-bond acceptors (Lipinski definition) is 6. The van der Waals surface area contributed by atoms with Crippen molar-refractivity contribution in [3.63, 3.8) is 0 Å². The van der Waals surface area contributed by atoms with Gasteiger partial charge in [0.2, 0.25) is 5.91 Å². The summed E-state index contributed by atoms with van der Waals surface area (Å²) < 4.78 is 2.00. The zero-order valence-electron chi connectivity index (χ0n) is 15.4. The molecule has 1 aliphatic carbocycles. The van der Waals surface area contributed by atoms with Crippen LogP contribution in [0.2, 0.25) is 0 Å². The van der Waals surface area contributed by atoms with Crippen LogP contribution < -0.4 is 5.32 Å². The van der Waals surface area contributed by atoms with Gasteiger partial charge in [-0.1, -0.05) is 31.0 Å². The summed E-state index contributed by atoms with van der Waals surface area (Å²) in [6.45, 7) is 1.81. The van der Waals surface area contributed by atoms with E-state index in [9.17, 15) is 14.9 Å². The van der Waals surface area contributed by atoms with Crippen molar-refractivity contribution in [3.05, 3.63) is 40.2 Å². The lowest BCUT2D eigenvalue weighted by molar-refractivity contribution is -0.384. The van der Waals surface area contributed by atoms with Crippen molar-refractivity contribution in [2.45, 2.75) is 55.4 Å². The minimum atomic E-state index is -0.470. The van der Waals surface area contributed by atoms with Crippen molar-refractivity contribution in [1.82, 2.24) is 14.8 Å². The first-order chi connectivity index (χ1) is 13.0. The van der Waals surface area contributed by atoms with Crippen LogP contribution in [-0.4, -0.2) is 30.8 Å². The topological polar surface area (TPSA) is 103 Å². The highest BCUT2D eigenvalue weighted by atomic mass is 32.2. The summed E-state index contributed by atoms with van der Waals surface area (Å²) in [5.74, 6) is 1.27. The van der Waals surface area contributed by atoms with Gasteiger partial charge in [-0.2, -0.15) is 0 Å². The predicted octanol–water partition coefficient (Wildman–Crippen LogP) is 3.89. The number of thioether (sulfide) groups is 1. The zero-order valence-corrected chi connectivity index (χ0v) is 16.2. The Hall–Kier alpha value is -2.42. The quantitative estimate of drug-likeness (QED) is 0.457. The third-order valence-electron chi connectivity index (χ3n) is 4.84. The maximum atomic E-state index is 12.4. The van der Waals surface area contributed by atoms with E-state index < -0.39 is 4.92 Å². The fourth-order valence-corrected chi connectivity index (χ4v) is 4.09. The fraction of sp³-hybridized carbons (Fsp3) is 0.500. The zero-order chi connectivity index (χ0) is 19.4. The van der Waals surface area contributed by atoms with Crippen LogP contribution in [0.5, 0.6) is 0 Å². The van der Waals surface area contributed by atoms with E-state index in [1.807, 2.05) is 11.6 Å². The Labute approximate surface area is 161 Å². The number of benzene rings is 1. The van der Waals surface area contributed by atoms with Crippen LogP contribution in [0.25, 0.3) is 0 Å². The van der Waals surface area contributed by atoms with Crippen LogP contribution in [0.4, 0.5) is 11.4 Å². The molecule has 9 heteroatoms. The van der Waals surface area contributed by atoms with E-state index in [4.69, 9.17) is 0 Å². The Bertz CT molecular complexity index is 815. The summed E-state index contributed by atoms with van der Waals surface area (Å²) in [4.78, 5) is 22.7. The third kappa shape index (κ3) is 4.65. The standard InChI is InChI=1S/C18H23N5O3S/c1-12(17(24)19-14-8-10-15(11-9-14)23(25)26)27-18-21-20-16(22(18)2)13-6-4-3-5-7-13/h8-13H,3-7H2,1-2H3,(H,19,24). The van der Waals surface area contributed by atoms with Crippen LogP contribution in [-0.2, 0) is 11.8 Å². The van der Waals surface area contributed by atoms with E-state index >= 15 is 0 Å². The Morgan fingerprint density at radius 2 is 1.93 bits per heavy atom. The van der Waals surface area contributed by atoms with Crippen molar-refractivity contribution in [2.24, 2.45) is 7.05 Å². The van der Waals surface area contributed by atoms with Gasteiger partial charge in [-0.25, -0.2) is 0 Å². The van der Waals surface area contributed by atoms with Gasteiger partial charge in [-0.15, -0.1) is 10.2 Å². The summed E-state index contributed by atoms with van der Waals surface area (Å²) in [6.07, 6.45) is 6.04. The van der Waals surface area contributed by atoms with E-state index in [2.05, 4.69) is 15.5 Å². The summed E-state index contributed by atoms with van der Waals surface area (Å²) >= 11 is 1.36. The lowest BCUT2D eigenvalue weighted by Gasteiger charge is -2.20. The molecule has 0 bridgehead atoms. The molecular weight excluding hydrogens is 366 g/mol. The number of hydrogen-bond donors (Lipinski definition) is 1. The number of amides is 1. The third-order valence-corrected chi connectivity index (χ3v) is 5.97. The van der Waals surface area contributed by atoms with E-state index in [1.165, 1.54) is 55.3 Å². The van der Waals surface area contributed by atoms with E-state index in [-0.39, 0.29) is 16.8 Å². The number of carbonyl (C=O) groups is 1. The average molecular weight is 389 g/mol. The molecule has 1 N–H and O–H groups in total. The number of aromatic nitrogens is 3. The molecule has 2 aromatic rings. The molecule has 27 heavy (non-hydrogen) atoms. The van der Waals surface area contributed by atoms with E-state index in [1.54, 1.807) is 6.92 Å². The van der Waals surface area contributed by atoms with Crippen LogP contribution in [0, 0.1) is 10.1 Å². The second kappa shape index (κ2) is 8.51. The molecule has 0 spiro atoms. The SMILES string of the molecule is CC(Sc1nnc(C2CCCCC2)n1C)C(=O)Nc1ccc([N+](=O)[O-])cc1. The van der Waals surface area contributed by atoms with Crippen molar-refractivity contribution < 1.29 is 9.72 Å². The largest absolute Gasteiger partial charge is 0.325 e. The van der Waals surface area contributed by atoms with Gasteiger partial charge in [0.05, 0.1) is 10.2 Å². The van der Waals surface area contributed by atoms with Gasteiger partial charge in [0.1, 0.15) is 5.82 Å². The Morgan fingerprint density at radius 1 is 1.26 bits per heavy atom. The molecule has 1 amide bonds. The van der Waals surface area contributed by atoms with Crippen molar-refractivity contribution in [2.75, 3.05) is 5.32 Å². The van der Waals surface area contributed by atoms with Crippen LogP contribution in [0.1, 0.15) is 50.8 Å². The number of nitro groups is 1. The Morgan fingerprint density at radius 3 is 2.56 bits per heavy atom. The maximum absolute atomic E-state index is 12.4. The highest BCUT2D eigenvalue weighted by Gasteiger charge is 2.24. The lowest BCUT2D eigenvalue weighted by Crippen LogP contribution is -2.23. The first kappa shape index (κ1) is 19.3. The second-order valence-electron chi connectivity index (χ2n) is 6.79. The molecule has 1 fully saturated rings. The molecule has 1 aromatic carbocycles. The minimum absolute atomic E-state index is 0.00949. The molecular formula is C18H23N5O3S. The van der Waals surface area contributed by atoms with Gasteiger partial charge in [0.25, 0.3) is 5.69 Å². The van der Waals surface area contributed by atoms with Crippen molar-refractivity contribution >= 4 is 29.0 Å². The van der Waals surface area contributed by atoms with Gasteiger partial charge in [0, 0.05) is 30.8 Å². The molecule has 1 atom stereocenters. The molecule has 1 aromatic heterocycles. The molecule has 8 nitrogen and oxygen atoms in total. The molecule has 1 aliphatic rings. The monoisotopic (exact) mass is 389 g/mol. The van der Waals surface area contributed by atoms with Crippen LogP contribution in [0.3, 0.4) is 0 Å². The predicted molar refractivity (Wildman–Crippen MR) is 104 cm³/mol. The van der Waals surface area contributed by atoms with Gasteiger partial charge >= 0.3 is 0 Å². The van der Waals surface area contributed by atoms with Crippen molar-refractivity contribution in [3.8, 4) is 0 Å². The highest BCUT2D eigenvalue weighted by Crippen LogP contribution is 2.33. The summed E-state index contributed by atoms with van der Waals surface area (Å²) in [5, 5.41) is 22.5. The van der Waals surface area contributed by atoms with Gasteiger partial charge in [-0.05, 0) is 31.9 Å². The Balaban J connectivity index is 1.61. The lowest BCUT2D eigenvalue weighted by atomic mass is 9.89. The second-order valence-corrected chi connectivity index (χ2v) is 8.10. The molecule has 144 valence electrons. The average Bonchev–Trinajstić information content (AvgIpc) is 3.03. The molecule has 1 unspecified atom stereocenters. The summed E-state index contributed by atoms with van der Waals surface area (Å²) in [5.41, 5.74) is 0.517. The molecule has 0 aliphatic heterocycles. The van der Waals surface area contributed by atoms with Crippen molar-refractivity contribution in [1.29, 1.82) is 0 Å². The normalized spacial score (nSPS) is 16.1. The van der Waals surface area contributed by atoms with Crippen LogP contribution >= 0.6 is 11.8 Å². The molecule has 1 saturated carbocycles. The number of nitrogens with zero attached hydrogens (tertiary/aromatic N) is 4. The number of nitrogens with one attached hydrogen (secondary N) is 1. The van der Waals surface area contributed by atoms with Gasteiger partial charge in [0.15, 0.2) is 5.16 Å². The number of non-ortho nitro benzene ring substituents is 1. The first-order valence-electron chi connectivity index (χ1n) is 9.07. The van der Waals surface area contributed by atoms with E-state index in [0.29, 0.717) is 11.6 Å². The number of anilines is 1. The van der Waals surface area contributed by atoms with E-state index in [0.717, 1.165) is 23.8 Å². The summed E-state index contributed by atoms with van der Waals surface area (Å²) in [7, 11) is 1.95. The number of nitro benzene ring substituents is 1. The smallest absolute Gasteiger partial charge is 0.269 e. The number of rotatable bonds is 6. The fourth-order valence-electron chi connectivity index (χ4n) is 3.27. The van der Waals surface area contributed by atoms with Gasteiger partial charge < -0.3 is 9.88 Å². The molecule has 0 radical (unpaired) electrons. The maximum Gasteiger partial charge on any atom is 0.269 e.